The highest BCUT2D eigenvalue weighted by molar-refractivity contribution is 5.96. The van der Waals surface area contributed by atoms with Crippen molar-refractivity contribution in [3.05, 3.63) is 40.6 Å². The third-order valence-electron chi connectivity index (χ3n) is 3.91. The van der Waals surface area contributed by atoms with E-state index in [9.17, 15) is 9.90 Å². The lowest BCUT2D eigenvalue weighted by molar-refractivity contribution is 0.0323. The zero-order chi connectivity index (χ0) is 17.2. The Morgan fingerprint density at radius 2 is 2.09 bits per heavy atom. The molecule has 1 unspecified atom stereocenters. The van der Waals surface area contributed by atoms with Gasteiger partial charge < -0.3 is 14.8 Å². The van der Waals surface area contributed by atoms with Gasteiger partial charge in [0.05, 0.1) is 17.8 Å². The van der Waals surface area contributed by atoms with Crippen molar-refractivity contribution in [3.63, 3.8) is 0 Å². The van der Waals surface area contributed by atoms with Gasteiger partial charge in [-0.1, -0.05) is 6.92 Å². The van der Waals surface area contributed by atoms with E-state index < -0.39 is 5.60 Å². The molecular formula is C17H25N3O3. The number of hydrogen-bond donors (Lipinski definition) is 2. The molecule has 0 fully saturated rings. The number of amides is 1. The number of carbonyl (C=O) groups is 1. The van der Waals surface area contributed by atoms with E-state index in [4.69, 9.17) is 4.42 Å². The normalized spacial score (nSPS) is 13.8. The van der Waals surface area contributed by atoms with Gasteiger partial charge in [-0.25, -0.2) is 0 Å². The van der Waals surface area contributed by atoms with Crippen LogP contribution in [0.3, 0.4) is 0 Å². The maximum absolute atomic E-state index is 12.5. The van der Waals surface area contributed by atoms with Crippen LogP contribution in [-0.2, 0) is 12.1 Å². The molecule has 0 spiro atoms. The number of aryl methyl sites for hydroxylation is 3. The van der Waals surface area contributed by atoms with Crippen molar-refractivity contribution in [3.8, 4) is 0 Å². The predicted octanol–water partition coefficient (Wildman–Crippen LogP) is 2.45. The zero-order valence-corrected chi connectivity index (χ0v) is 14.4. The van der Waals surface area contributed by atoms with Crippen molar-refractivity contribution in [2.45, 2.75) is 53.2 Å². The van der Waals surface area contributed by atoms with Gasteiger partial charge >= 0.3 is 0 Å². The summed E-state index contributed by atoms with van der Waals surface area (Å²) >= 11 is 0. The maximum atomic E-state index is 12.5. The predicted molar refractivity (Wildman–Crippen MR) is 87.3 cm³/mol. The molecule has 0 radical (unpaired) electrons. The van der Waals surface area contributed by atoms with Crippen LogP contribution >= 0.6 is 0 Å². The van der Waals surface area contributed by atoms with Crippen LogP contribution in [0.2, 0.25) is 0 Å². The minimum Gasteiger partial charge on any atom is -0.463 e. The molecule has 1 amide bonds. The van der Waals surface area contributed by atoms with E-state index >= 15 is 0 Å². The third-order valence-corrected chi connectivity index (χ3v) is 3.91. The van der Waals surface area contributed by atoms with Crippen molar-refractivity contribution < 1.29 is 14.3 Å². The van der Waals surface area contributed by atoms with Crippen LogP contribution < -0.4 is 5.32 Å². The molecule has 23 heavy (non-hydrogen) atoms. The Hall–Kier alpha value is -2.08. The van der Waals surface area contributed by atoms with Gasteiger partial charge in [-0.05, 0) is 46.2 Å². The van der Waals surface area contributed by atoms with Crippen molar-refractivity contribution in [1.82, 2.24) is 15.1 Å². The molecule has 0 aliphatic heterocycles. The van der Waals surface area contributed by atoms with Gasteiger partial charge in [-0.15, -0.1) is 0 Å². The number of hydrogen-bond acceptors (Lipinski definition) is 4. The Morgan fingerprint density at radius 1 is 1.39 bits per heavy atom. The molecule has 2 N–H and O–H groups in total. The van der Waals surface area contributed by atoms with E-state index in [1.807, 2.05) is 25.5 Å². The lowest BCUT2D eigenvalue weighted by Gasteiger charge is -2.21. The first-order valence-electron chi connectivity index (χ1n) is 7.87. The van der Waals surface area contributed by atoms with Gasteiger partial charge in [0.2, 0.25) is 0 Å². The van der Waals surface area contributed by atoms with E-state index in [0.29, 0.717) is 17.0 Å². The van der Waals surface area contributed by atoms with Crippen LogP contribution in [0.25, 0.3) is 0 Å². The van der Waals surface area contributed by atoms with Gasteiger partial charge in [0.25, 0.3) is 5.91 Å². The second-order valence-corrected chi connectivity index (χ2v) is 6.14. The van der Waals surface area contributed by atoms with Crippen LogP contribution in [-0.4, -0.2) is 27.3 Å². The SMILES string of the molecule is CCCn1nc(C)c(C(=O)NCC(C)(O)c2ccc(C)o2)c1C. The molecule has 0 saturated carbocycles. The van der Waals surface area contributed by atoms with E-state index in [1.54, 1.807) is 19.1 Å². The summed E-state index contributed by atoms with van der Waals surface area (Å²) < 4.78 is 7.30. The fourth-order valence-electron chi connectivity index (χ4n) is 2.61. The Balaban J connectivity index is 2.11. The first-order chi connectivity index (χ1) is 10.8. The number of furan rings is 1. The standard InChI is InChI=1S/C17H25N3O3/c1-6-9-20-13(4)15(12(3)19-20)16(21)18-10-17(5,22)14-8-7-11(2)23-14/h7-8,22H,6,9-10H2,1-5H3,(H,18,21). The van der Waals surface area contributed by atoms with Crippen molar-refractivity contribution in [2.24, 2.45) is 0 Å². The van der Waals surface area contributed by atoms with Crippen LogP contribution in [0.15, 0.2) is 16.5 Å². The lowest BCUT2D eigenvalue weighted by Crippen LogP contribution is -2.38. The molecule has 2 rings (SSSR count). The molecule has 1 atom stereocenters. The van der Waals surface area contributed by atoms with E-state index in [2.05, 4.69) is 17.3 Å². The summed E-state index contributed by atoms with van der Waals surface area (Å²) in [4.78, 5) is 12.5. The van der Waals surface area contributed by atoms with E-state index in [1.165, 1.54) is 0 Å². The average molecular weight is 319 g/mol. The molecule has 6 nitrogen and oxygen atoms in total. The Morgan fingerprint density at radius 3 is 2.65 bits per heavy atom. The highest BCUT2D eigenvalue weighted by Gasteiger charge is 2.28. The average Bonchev–Trinajstić information content (AvgIpc) is 3.02. The van der Waals surface area contributed by atoms with E-state index in [0.717, 1.165) is 24.4 Å². The summed E-state index contributed by atoms with van der Waals surface area (Å²) in [6, 6.07) is 3.51. The molecule has 0 bridgehead atoms. The highest BCUT2D eigenvalue weighted by atomic mass is 16.4. The first kappa shape index (κ1) is 17.3. The summed E-state index contributed by atoms with van der Waals surface area (Å²) in [5.41, 5.74) is 0.854. The second kappa shape index (κ2) is 6.58. The van der Waals surface area contributed by atoms with Crippen molar-refractivity contribution >= 4 is 5.91 Å². The van der Waals surface area contributed by atoms with Crippen LogP contribution in [0.1, 0.15) is 53.5 Å². The molecule has 126 valence electrons. The number of rotatable bonds is 6. The minimum absolute atomic E-state index is 0.0661. The van der Waals surface area contributed by atoms with Gasteiger partial charge in [-0.2, -0.15) is 5.10 Å². The first-order valence-corrected chi connectivity index (χ1v) is 7.87. The largest absolute Gasteiger partial charge is 0.463 e. The summed E-state index contributed by atoms with van der Waals surface area (Å²) in [5.74, 6) is 0.926. The zero-order valence-electron chi connectivity index (χ0n) is 14.4. The minimum atomic E-state index is -1.26. The fourth-order valence-corrected chi connectivity index (χ4v) is 2.61. The molecule has 0 aromatic carbocycles. The molecule has 2 aromatic heterocycles. The molecule has 2 aromatic rings. The quantitative estimate of drug-likeness (QED) is 0.857. The van der Waals surface area contributed by atoms with Crippen LogP contribution in [0.4, 0.5) is 0 Å². The molecule has 0 aliphatic carbocycles. The summed E-state index contributed by atoms with van der Waals surface area (Å²) in [6.45, 7) is 10.1. The topological polar surface area (TPSA) is 80.3 Å². The summed E-state index contributed by atoms with van der Waals surface area (Å²) in [5, 5.41) is 17.7. The Bertz CT molecular complexity index is 698. The van der Waals surface area contributed by atoms with Crippen LogP contribution in [0, 0.1) is 20.8 Å². The Kier molecular flexibility index (Phi) is 4.94. The number of aromatic nitrogens is 2. The van der Waals surface area contributed by atoms with Crippen LogP contribution in [0.5, 0.6) is 0 Å². The number of carbonyl (C=O) groups excluding carboxylic acids is 1. The number of nitrogens with one attached hydrogen (secondary N) is 1. The van der Waals surface area contributed by atoms with Gasteiger partial charge in [0.15, 0.2) is 0 Å². The van der Waals surface area contributed by atoms with E-state index in [-0.39, 0.29) is 12.5 Å². The Labute approximate surface area is 136 Å². The van der Waals surface area contributed by atoms with Gasteiger partial charge in [0, 0.05) is 12.2 Å². The number of aliphatic hydroxyl groups is 1. The monoisotopic (exact) mass is 319 g/mol. The molecule has 0 saturated heterocycles. The molecule has 0 aliphatic rings. The van der Waals surface area contributed by atoms with Crippen molar-refractivity contribution in [1.29, 1.82) is 0 Å². The van der Waals surface area contributed by atoms with Crippen molar-refractivity contribution in [2.75, 3.05) is 6.54 Å². The molecular weight excluding hydrogens is 294 g/mol. The lowest BCUT2D eigenvalue weighted by atomic mass is 10.0. The molecule has 6 heteroatoms. The maximum Gasteiger partial charge on any atom is 0.255 e. The van der Waals surface area contributed by atoms with Gasteiger partial charge in [0.1, 0.15) is 17.1 Å². The van der Waals surface area contributed by atoms with Gasteiger partial charge in [-0.3, -0.25) is 9.48 Å². The number of nitrogens with zero attached hydrogens (tertiary/aromatic N) is 2. The fraction of sp³-hybridized carbons (Fsp3) is 0.529. The second-order valence-electron chi connectivity index (χ2n) is 6.14. The molecule has 2 heterocycles. The summed E-state index contributed by atoms with van der Waals surface area (Å²) in [7, 11) is 0. The smallest absolute Gasteiger partial charge is 0.255 e. The highest BCUT2D eigenvalue weighted by Crippen LogP contribution is 2.22. The summed E-state index contributed by atoms with van der Waals surface area (Å²) in [6.07, 6.45) is 0.954. The third kappa shape index (κ3) is 3.64.